The molecule has 0 aliphatic carbocycles. The van der Waals surface area contributed by atoms with Gasteiger partial charge in [0.05, 0.1) is 0 Å². The molecule has 20 heavy (non-hydrogen) atoms. The first-order valence-corrected chi connectivity index (χ1v) is 7.76. The molecular formula is C17H21BrN2. The van der Waals surface area contributed by atoms with E-state index in [0.29, 0.717) is 5.92 Å². The van der Waals surface area contributed by atoms with Crippen LogP contribution in [0.15, 0.2) is 47.2 Å². The minimum Gasteiger partial charge on any atom is -0.313 e. The highest BCUT2D eigenvalue weighted by Gasteiger charge is 2.11. The number of benzene rings is 1. The van der Waals surface area contributed by atoms with Crippen molar-refractivity contribution in [1.82, 2.24) is 10.3 Å². The number of likely N-dealkylation sites (N-methyl/N-ethyl adjacent to an activating group) is 1. The van der Waals surface area contributed by atoms with E-state index >= 15 is 0 Å². The summed E-state index contributed by atoms with van der Waals surface area (Å²) in [6, 6.07) is 11.3. The van der Waals surface area contributed by atoms with E-state index < -0.39 is 0 Å². The summed E-state index contributed by atoms with van der Waals surface area (Å²) < 4.78 is 1.02. The zero-order valence-corrected chi connectivity index (χ0v) is 13.8. The Kier molecular flexibility index (Phi) is 5.32. The fourth-order valence-electron chi connectivity index (χ4n) is 2.28. The third-order valence-electron chi connectivity index (χ3n) is 3.56. The van der Waals surface area contributed by atoms with Crippen LogP contribution in [0, 0.1) is 0 Å². The number of hydrogen-bond donors (Lipinski definition) is 1. The summed E-state index contributed by atoms with van der Waals surface area (Å²) in [6.45, 7) is 4.44. The third kappa shape index (κ3) is 3.90. The van der Waals surface area contributed by atoms with E-state index in [9.17, 15) is 0 Å². The normalized spacial score (nSPS) is 12.7. The Labute approximate surface area is 129 Å². The predicted molar refractivity (Wildman–Crippen MR) is 88.0 cm³/mol. The maximum absolute atomic E-state index is 4.25. The minimum absolute atomic E-state index is 0.282. The van der Waals surface area contributed by atoms with Crippen molar-refractivity contribution in [3.63, 3.8) is 0 Å². The van der Waals surface area contributed by atoms with Crippen molar-refractivity contribution in [2.45, 2.75) is 32.2 Å². The van der Waals surface area contributed by atoms with Crippen molar-refractivity contribution in [1.29, 1.82) is 0 Å². The molecule has 0 amide bonds. The molecule has 0 fully saturated rings. The van der Waals surface area contributed by atoms with Crippen molar-refractivity contribution < 1.29 is 0 Å². The Bertz CT molecular complexity index is 549. The molecule has 1 aromatic heterocycles. The molecule has 0 saturated carbocycles. The highest BCUT2D eigenvalue weighted by molar-refractivity contribution is 9.10. The van der Waals surface area contributed by atoms with Gasteiger partial charge in [-0.1, -0.05) is 38.1 Å². The van der Waals surface area contributed by atoms with Crippen LogP contribution in [0.5, 0.6) is 0 Å². The molecule has 1 heterocycles. The highest BCUT2D eigenvalue weighted by atomic mass is 79.9. The van der Waals surface area contributed by atoms with E-state index in [1.165, 1.54) is 16.7 Å². The van der Waals surface area contributed by atoms with Gasteiger partial charge in [-0.05, 0) is 58.1 Å². The molecule has 3 heteroatoms. The van der Waals surface area contributed by atoms with Crippen LogP contribution in [0.3, 0.4) is 0 Å². The standard InChI is InChI=1S/C17H21BrN2/c1-12(2)14-6-4-13(5-7-14)8-17(19-3)15-9-16(18)11-20-10-15/h4-7,9-12,17,19H,8H2,1-3H3. The first kappa shape index (κ1) is 15.2. The van der Waals surface area contributed by atoms with Crippen molar-refractivity contribution in [2.75, 3.05) is 7.05 Å². The molecule has 106 valence electrons. The number of nitrogens with one attached hydrogen (secondary N) is 1. The van der Waals surface area contributed by atoms with Gasteiger partial charge in [-0.3, -0.25) is 4.98 Å². The van der Waals surface area contributed by atoms with Crippen molar-refractivity contribution in [2.24, 2.45) is 0 Å². The third-order valence-corrected chi connectivity index (χ3v) is 4.00. The monoisotopic (exact) mass is 332 g/mol. The summed E-state index contributed by atoms with van der Waals surface area (Å²) in [5.41, 5.74) is 3.93. The molecule has 1 aromatic carbocycles. The van der Waals surface area contributed by atoms with Gasteiger partial charge in [-0.2, -0.15) is 0 Å². The fourth-order valence-corrected chi connectivity index (χ4v) is 2.66. The lowest BCUT2D eigenvalue weighted by Crippen LogP contribution is -2.19. The molecule has 1 N–H and O–H groups in total. The number of pyridine rings is 1. The summed E-state index contributed by atoms with van der Waals surface area (Å²) in [5.74, 6) is 0.582. The number of hydrogen-bond acceptors (Lipinski definition) is 2. The Balaban J connectivity index is 2.14. The van der Waals surface area contributed by atoms with E-state index in [4.69, 9.17) is 0 Å². The second-order valence-electron chi connectivity index (χ2n) is 5.38. The van der Waals surface area contributed by atoms with E-state index in [-0.39, 0.29) is 6.04 Å². The van der Waals surface area contributed by atoms with Gasteiger partial charge in [0.25, 0.3) is 0 Å². The van der Waals surface area contributed by atoms with Gasteiger partial charge in [0, 0.05) is 22.9 Å². The Morgan fingerprint density at radius 3 is 2.35 bits per heavy atom. The first-order valence-electron chi connectivity index (χ1n) is 6.96. The van der Waals surface area contributed by atoms with Crippen molar-refractivity contribution >= 4 is 15.9 Å². The molecule has 0 saturated heterocycles. The van der Waals surface area contributed by atoms with Gasteiger partial charge in [-0.25, -0.2) is 0 Å². The molecular weight excluding hydrogens is 312 g/mol. The Morgan fingerprint density at radius 1 is 1.10 bits per heavy atom. The average molecular weight is 333 g/mol. The molecule has 0 aliphatic rings. The lowest BCUT2D eigenvalue weighted by atomic mass is 9.97. The summed E-state index contributed by atoms with van der Waals surface area (Å²) >= 11 is 3.48. The van der Waals surface area contributed by atoms with Crippen LogP contribution in [0.25, 0.3) is 0 Å². The zero-order chi connectivity index (χ0) is 14.5. The van der Waals surface area contributed by atoms with E-state index in [1.54, 1.807) is 0 Å². The maximum atomic E-state index is 4.25. The van der Waals surface area contributed by atoms with Gasteiger partial charge in [0.2, 0.25) is 0 Å². The Hall–Kier alpha value is -1.19. The lowest BCUT2D eigenvalue weighted by Gasteiger charge is -2.17. The van der Waals surface area contributed by atoms with Crippen LogP contribution in [0.2, 0.25) is 0 Å². The number of rotatable bonds is 5. The molecule has 0 aliphatic heterocycles. The number of halogens is 1. The van der Waals surface area contributed by atoms with E-state index in [2.05, 4.69) is 70.4 Å². The van der Waals surface area contributed by atoms with Crippen LogP contribution in [-0.4, -0.2) is 12.0 Å². The van der Waals surface area contributed by atoms with Gasteiger partial charge in [0.1, 0.15) is 0 Å². The van der Waals surface area contributed by atoms with Crippen LogP contribution in [0.1, 0.15) is 42.5 Å². The lowest BCUT2D eigenvalue weighted by molar-refractivity contribution is 0.589. The van der Waals surface area contributed by atoms with Crippen LogP contribution < -0.4 is 5.32 Å². The number of nitrogens with zero attached hydrogens (tertiary/aromatic N) is 1. The molecule has 0 spiro atoms. The largest absolute Gasteiger partial charge is 0.313 e. The molecule has 2 aromatic rings. The minimum atomic E-state index is 0.282. The van der Waals surface area contributed by atoms with Gasteiger partial charge in [0.15, 0.2) is 0 Å². The average Bonchev–Trinajstić information content (AvgIpc) is 2.45. The topological polar surface area (TPSA) is 24.9 Å². The van der Waals surface area contributed by atoms with Crippen LogP contribution >= 0.6 is 15.9 Å². The highest BCUT2D eigenvalue weighted by Crippen LogP contribution is 2.22. The van der Waals surface area contributed by atoms with Gasteiger partial charge >= 0.3 is 0 Å². The van der Waals surface area contributed by atoms with Gasteiger partial charge in [-0.15, -0.1) is 0 Å². The molecule has 0 bridgehead atoms. The summed E-state index contributed by atoms with van der Waals surface area (Å²) in [7, 11) is 1.99. The van der Waals surface area contributed by atoms with Crippen molar-refractivity contribution in [3.8, 4) is 0 Å². The maximum Gasteiger partial charge on any atom is 0.0410 e. The fraction of sp³-hybridized carbons (Fsp3) is 0.353. The molecule has 0 radical (unpaired) electrons. The van der Waals surface area contributed by atoms with E-state index in [1.807, 2.05) is 19.4 Å². The smallest absolute Gasteiger partial charge is 0.0410 e. The van der Waals surface area contributed by atoms with Crippen molar-refractivity contribution in [3.05, 3.63) is 63.9 Å². The number of aromatic nitrogens is 1. The molecule has 2 nitrogen and oxygen atoms in total. The van der Waals surface area contributed by atoms with E-state index in [0.717, 1.165) is 10.9 Å². The molecule has 1 atom stereocenters. The molecule has 1 unspecified atom stereocenters. The quantitative estimate of drug-likeness (QED) is 0.873. The first-order chi connectivity index (χ1) is 9.60. The summed E-state index contributed by atoms with van der Waals surface area (Å²) in [4.78, 5) is 4.25. The zero-order valence-electron chi connectivity index (χ0n) is 12.2. The molecule has 2 rings (SSSR count). The second-order valence-corrected chi connectivity index (χ2v) is 6.29. The predicted octanol–water partition coefficient (Wildman–Crippen LogP) is 4.47. The summed E-state index contributed by atoms with van der Waals surface area (Å²) in [6.07, 6.45) is 4.70. The van der Waals surface area contributed by atoms with Gasteiger partial charge < -0.3 is 5.32 Å². The van der Waals surface area contributed by atoms with Crippen LogP contribution in [-0.2, 0) is 6.42 Å². The Morgan fingerprint density at radius 2 is 1.80 bits per heavy atom. The SMILES string of the molecule is CNC(Cc1ccc(C(C)C)cc1)c1cncc(Br)c1. The van der Waals surface area contributed by atoms with Crippen LogP contribution in [0.4, 0.5) is 0 Å². The second kappa shape index (κ2) is 7.00. The summed E-state index contributed by atoms with van der Waals surface area (Å²) in [5, 5.41) is 3.37.